The van der Waals surface area contributed by atoms with Crippen molar-refractivity contribution in [3.05, 3.63) is 52.9 Å². The van der Waals surface area contributed by atoms with Crippen LogP contribution in [0.5, 0.6) is 0 Å². The Morgan fingerprint density at radius 2 is 1.93 bits per heavy atom. The molecule has 29 heavy (non-hydrogen) atoms. The van der Waals surface area contributed by atoms with Gasteiger partial charge in [-0.1, -0.05) is 0 Å². The maximum atomic E-state index is 13.2. The van der Waals surface area contributed by atoms with Gasteiger partial charge < -0.3 is 9.47 Å². The van der Waals surface area contributed by atoms with Gasteiger partial charge in [-0.2, -0.15) is 4.37 Å². The second kappa shape index (κ2) is 7.47. The van der Waals surface area contributed by atoms with Gasteiger partial charge in [-0.25, -0.2) is 14.4 Å². The number of imidazole rings is 1. The van der Waals surface area contributed by atoms with E-state index in [1.807, 2.05) is 18.4 Å². The molecule has 150 valence electrons. The number of aryl methyl sites for hydroxylation is 1. The van der Waals surface area contributed by atoms with Crippen LogP contribution >= 0.6 is 11.5 Å². The highest BCUT2D eigenvalue weighted by Crippen LogP contribution is 2.34. The Balaban J connectivity index is 1.74. The second-order valence-electron chi connectivity index (χ2n) is 7.13. The first kappa shape index (κ1) is 19.4. The minimum absolute atomic E-state index is 0.0000731. The molecule has 0 fully saturated rings. The molecular weight excluding hydrogens is 393 g/mol. The van der Waals surface area contributed by atoms with Crippen LogP contribution in [0.15, 0.2) is 24.3 Å². The number of carbonyl (C=O) groups excluding carboxylic acids is 2. The molecule has 0 radical (unpaired) electrons. The van der Waals surface area contributed by atoms with E-state index in [0.29, 0.717) is 41.0 Å². The quantitative estimate of drug-likeness (QED) is 0.656. The van der Waals surface area contributed by atoms with Crippen LogP contribution in [0.25, 0.3) is 10.8 Å². The third kappa shape index (κ3) is 3.57. The summed E-state index contributed by atoms with van der Waals surface area (Å²) in [5.74, 6) is 0.800. The number of rotatable bonds is 4. The molecule has 0 N–H and O–H groups in total. The van der Waals surface area contributed by atoms with E-state index in [4.69, 9.17) is 4.98 Å². The van der Waals surface area contributed by atoms with Crippen molar-refractivity contribution in [2.45, 2.75) is 39.8 Å². The summed E-state index contributed by atoms with van der Waals surface area (Å²) in [6.45, 7) is 6.28. The minimum Gasteiger partial charge on any atom is -0.329 e. The van der Waals surface area contributed by atoms with E-state index in [1.54, 1.807) is 4.90 Å². The number of hydrogen-bond donors (Lipinski definition) is 0. The Morgan fingerprint density at radius 3 is 2.55 bits per heavy atom. The van der Waals surface area contributed by atoms with Crippen molar-refractivity contribution in [3.63, 3.8) is 0 Å². The number of hydrogen-bond acceptors (Lipinski definition) is 6. The molecule has 3 aromatic rings. The van der Waals surface area contributed by atoms with E-state index in [-0.39, 0.29) is 30.0 Å². The summed E-state index contributed by atoms with van der Waals surface area (Å²) in [6.07, 6.45) is 0.191. The predicted octanol–water partition coefficient (Wildman–Crippen LogP) is 3.20. The Labute approximate surface area is 171 Å². The Kier molecular flexibility index (Phi) is 4.99. The molecule has 0 saturated carbocycles. The van der Waals surface area contributed by atoms with Crippen molar-refractivity contribution < 1.29 is 14.0 Å². The summed E-state index contributed by atoms with van der Waals surface area (Å²) < 4.78 is 19.5. The molecule has 9 heteroatoms. The number of fused-ring (bicyclic) bond motifs is 1. The van der Waals surface area contributed by atoms with Crippen LogP contribution in [0, 0.1) is 12.7 Å². The van der Waals surface area contributed by atoms with E-state index in [2.05, 4.69) is 9.36 Å². The summed E-state index contributed by atoms with van der Waals surface area (Å²) in [4.78, 5) is 35.8. The molecule has 1 aliphatic rings. The monoisotopic (exact) mass is 413 g/mol. The highest BCUT2D eigenvalue weighted by atomic mass is 32.1. The van der Waals surface area contributed by atoms with Crippen molar-refractivity contribution in [2.75, 3.05) is 6.54 Å². The largest absolute Gasteiger partial charge is 0.329 e. The number of benzene rings is 1. The number of Topliss-reactive ketones (excluding diaryl/α,β-unsaturated/α-hetero) is 1. The van der Waals surface area contributed by atoms with Gasteiger partial charge in [0, 0.05) is 18.7 Å². The van der Waals surface area contributed by atoms with Gasteiger partial charge in [0.15, 0.2) is 10.8 Å². The third-order valence-corrected chi connectivity index (χ3v) is 5.80. The van der Waals surface area contributed by atoms with E-state index in [0.717, 1.165) is 5.69 Å². The van der Waals surface area contributed by atoms with Crippen LogP contribution in [-0.2, 0) is 17.8 Å². The molecule has 2 aromatic heterocycles. The number of halogens is 1. The first-order valence-electron chi connectivity index (χ1n) is 9.31. The number of aromatic nitrogens is 4. The highest BCUT2D eigenvalue weighted by Gasteiger charge is 2.34. The Morgan fingerprint density at radius 1 is 1.21 bits per heavy atom. The highest BCUT2D eigenvalue weighted by molar-refractivity contribution is 7.09. The maximum Gasteiger partial charge on any atom is 0.254 e. The average molecular weight is 413 g/mol. The topological polar surface area (TPSA) is 81.0 Å². The van der Waals surface area contributed by atoms with Crippen molar-refractivity contribution in [1.29, 1.82) is 0 Å². The fraction of sp³-hybridized carbons (Fsp3) is 0.350. The summed E-state index contributed by atoms with van der Waals surface area (Å²) in [5.41, 5.74) is 1.92. The third-order valence-electron chi connectivity index (χ3n) is 5.00. The van der Waals surface area contributed by atoms with Crippen molar-refractivity contribution in [3.8, 4) is 10.8 Å². The summed E-state index contributed by atoms with van der Waals surface area (Å²) in [6, 6.07) is 5.25. The Bertz CT molecular complexity index is 1090. The standard InChI is InChI=1S/C20H20FN5O2S/c1-11(27)10-16-17-12(2)25(20(28)14-4-6-15(21)7-5-14)8-9-26(17)18(23-16)19-22-13(3)24-29-19/h4-7,12H,8-10H2,1-3H3/t12-/m1/s1. The summed E-state index contributed by atoms with van der Waals surface area (Å²) in [5, 5.41) is 0.698. The van der Waals surface area contributed by atoms with Crippen LogP contribution in [-0.4, -0.2) is 42.0 Å². The molecule has 0 spiro atoms. The van der Waals surface area contributed by atoms with E-state index in [9.17, 15) is 14.0 Å². The van der Waals surface area contributed by atoms with E-state index < -0.39 is 0 Å². The summed E-state index contributed by atoms with van der Waals surface area (Å²) in [7, 11) is 0. The molecule has 0 bridgehead atoms. The second-order valence-corrected chi connectivity index (χ2v) is 7.88. The molecule has 0 aliphatic carbocycles. The van der Waals surface area contributed by atoms with Crippen LogP contribution < -0.4 is 0 Å². The lowest BCUT2D eigenvalue weighted by molar-refractivity contribution is -0.116. The maximum absolute atomic E-state index is 13.2. The van der Waals surface area contributed by atoms with E-state index >= 15 is 0 Å². The van der Waals surface area contributed by atoms with Crippen molar-refractivity contribution in [1.82, 2.24) is 23.8 Å². The lowest BCUT2D eigenvalue weighted by atomic mass is 10.0. The van der Waals surface area contributed by atoms with Crippen LogP contribution in [0.3, 0.4) is 0 Å². The molecule has 7 nitrogen and oxygen atoms in total. The van der Waals surface area contributed by atoms with Crippen LogP contribution in [0.4, 0.5) is 4.39 Å². The fourth-order valence-corrected chi connectivity index (χ4v) is 4.38. The Hall–Kier alpha value is -2.94. The molecular formula is C20H20FN5O2S. The smallest absolute Gasteiger partial charge is 0.254 e. The molecule has 0 saturated heterocycles. The molecule has 1 aromatic carbocycles. The van der Waals surface area contributed by atoms with Gasteiger partial charge in [0.2, 0.25) is 0 Å². The van der Waals surface area contributed by atoms with Crippen LogP contribution in [0.1, 0.15) is 47.5 Å². The average Bonchev–Trinajstić information content (AvgIpc) is 3.26. The van der Waals surface area contributed by atoms with Gasteiger partial charge >= 0.3 is 0 Å². The molecule has 1 aliphatic heterocycles. The predicted molar refractivity (Wildman–Crippen MR) is 106 cm³/mol. The number of amides is 1. The summed E-state index contributed by atoms with van der Waals surface area (Å²) >= 11 is 1.27. The van der Waals surface area contributed by atoms with Gasteiger partial charge in [0.25, 0.3) is 5.91 Å². The minimum atomic E-state index is -0.382. The lowest BCUT2D eigenvalue weighted by Crippen LogP contribution is -2.41. The molecule has 3 heterocycles. The van der Waals surface area contributed by atoms with Crippen molar-refractivity contribution in [2.24, 2.45) is 0 Å². The first-order chi connectivity index (χ1) is 13.8. The zero-order chi connectivity index (χ0) is 20.7. The zero-order valence-corrected chi connectivity index (χ0v) is 17.2. The molecule has 1 amide bonds. The fourth-order valence-electron chi connectivity index (χ4n) is 3.71. The number of nitrogens with zero attached hydrogens (tertiary/aromatic N) is 5. The van der Waals surface area contributed by atoms with Crippen LogP contribution in [0.2, 0.25) is 0 Å². The van der Waals surface area contributed by atoms with Gasteiger partial charge in [-0.3, -0.25) is 9.59 Å². The molecule has 4 rings (SSSR count). The number of carbonyl (C=O) groups is 2. The normalized spacial score (nSPS) is 16.0. The van der Waals surface area contributed by atoms with Crippen molar-refractivity contribution >= 4 is 23.2 Å². The van der Waals surface area contributed by atoms with E-state index in [1.165, 1.54) is 42.7 Å². The molecule has 0 unspecified atom stereocenters. The SMILES string of the molecule is CC(=O)Cc1nc(-c2nc(C)ns2)n2c1[C@@H](C)N(C(=O)c1ccc(F)cc1)CC2. The first-order valence-corrected chi connectivity index (χ1v) is 10.1. The molecule has 1 atom stereocenters. The zero-order valence-electron chi connectivity index (χ0n) is 16.3. The van der Waals surface area contributed by atoms with Gasteiger partial charge in [-0.05, 0) is 56.6 Å². The van der Waals surface area contributed by atoms with Gasteiger partial charge in [0.05, 0.1) is 23.9 Å². The number of ketones is 1. The van der Waals surface area contributed by atoms with Gasteiger partial charge in [0.1, 0.15) is 17.4 Å². The lowest BCUT2D eigenvalue weighted by Gasteiger charge is -2.35. The van der Waals surface area contributed by atoms with Gasteiger partial charge in [-0.15, -0.1) is 0 Å².